The van der Waals surface area contributed by atoms with Crippen LogP contribution in [0.4, 0.5) is 0 Å². The SMILES string of the molecule is COc1ccc([C@@H](CC(=O)NCc2ccco2)c2c(O)c3ccccc3oc2=O)cc1O. The van der Waals surface area contributed by atoms with E-state index in [-0.39, 0.29) is 47.3 Å². The summed E-state index contributed by atoms with van der Waals surface area (Å²) in [4.78, 5) is 25.6. The third-order valence-electron chi connectivity index (χ3n) is 5.20. The molecule has 0 aliphatic rings. The van der Waals surface area contributed by atoms with E-state index in [1.165, 1.54) is 25.5 Å². The van der Waals surface area contributed by atoms with Crippen molar-refractivity contribution in [2.24, 2.45) is 0 Å². The average molecular weight is 435 g/mol. The van der Waals surface area contributed by atoms with Gasteiger partial charge in [-0.3, -0.25) is 4.79 Å². The molecule has 4 aromatic rings. The predicted octanol–water partition coefficient (Wildman–Crippen LogP) is 3.64. The van der Waals surface area contributed by atoms with Crippen LogP contribution in [0.3, 0.4) is 0 Å². The number of nitrogens with one attached hydrogen (secondary N) is 1. The maximum absolute atomic E-state index is 12.8. The number of furan rings is 1. The number of ether oxygens (including phenoxy) is 1. The van der Waals surface area contributed by atoms with E-state index < -0.39 is 11.5 Å². The summed E-state index contributed by atoms with van der Waals surface area (Å²) >= 11 is 0. The van der Waals surface area contributed by atoms with Crippen molar-refractivity contribution in [1.29, 1.82) is 0 Å². The molecule has 8 heteroatoms. The van der Waals surface area contributed by atoms with Crippen molar-refractivity contribution < 1.29 is 28.6 Å². The van der Waals surface area contributed by atoms with Crippen LogP contribution in [0.2, 0.25) is 0 Å². The molecule has 0 aliphatic carbocycles. The summed E-state index contributed by atoms with van der Waals surface area (Å²) in [5, 5.41) is 24.3. The van der Waals surface area contributed by atoms with Crippen molar-refractivity contribution in [3.05, 3.63) is 88.2 Å². The van der Waals surface area contributed by atoms with Gasteiger partial charge in [-0.15, -0.1) is 0 Å². The number of hydrogen-bond acceptors (Lipinski definition) is 7. The predicted molar refractivity (Wildman–Crippen MR) is 116 cm³/mol. The topological polar surface area (TPSA) is 122 Å². The molecule has 0 fully saturated rings. The Bertz CT molecular complexity index is 1310. The number of para-hydroxylation sites is 1. The molecule has 0 spiro atoms. The summed E-state index contributed by atoms with van der Waals surface area (Å²) in [5.74, 6) is -0.876. The summed E-state index contributed by atoms with van der Waals surface area (Å²) in [5.41, 5.74) is -0.159. The molecule has 4 rings (SSSR count). The molecule has 164 valence electrons. The molecule has 2 aromatic heterocycles. The Morgan fingerprint density at radius 1 is 1.12 bits per heavy atom. The number of phenolic OH excluding ortho intramolecular Hbond substituents is 1. The first-order valence-corrected chi connectivity index (χ1v) is 9.88. The molecule has 1 atom stereocenters. The second-order valence-electron chi connectivity index (χ2n) is 7.19. The normalized spacial score (nSPS) is 11.9. The van der Waals surface area contributed by atoms with Crippen molar-refractivity contribution in [1.82, 2.24) is 5.32 Å². The zero-order valence-corrected chi connectivity index (χ0v) is 17.2. The second kappa shape index (κ2) is 8.89. The number of phenols is 1. The van der Waals surface area contributed by atoms with Gasteiger partial charge < -0.3 is 29.1 Å². The summed E-state index contributed by atoms with van der Waals surface area (Å²) in [6.07, 6.45) is 1.33. The maximum Gasteiger partial charge on any atom is 0.343 e. The molecule has 0 bridgehead atoms. The molecule has 3 N–H and O–H groups in total. The number of carbonyl (C=O) groups is 1. The molecule has 0 saturated heterocycles. The summed E-state index contributed by atoms with van der Waals surface area (Å²) in [6.45, 7) is 0.171. The minimum atomic E-state index is -0.885. The smallest absolute Gasteiger partial charge is 0.343 e. The number of methoxy groups -OCH3 is 1. The minimum absolute atomic E-state index is 0.0681. The first-order chi connectivity index (χ1) is 15.5. The van der Waals surface area contributed by atoms with Crippen molar-refractivity contribution in [2.75, 3.05) is 7.11 Å². The van der Waals surface area contributed by atoms with Crippen LogP contribution in [-0.4, -0.2) is 23.2 Å². The maximum atomic E-state index is 12.8. The fourth-order valence-corrected chi connectivity index (χ4v) is 3.62. The van der Waals surface area contributed by atoms with Crippen LogP contribution in [0.1, 0.15) is 29.2 Å². The number of benzene rings is 2. The zero-order valence-electron chi connectivity index (χ0n) is 17.2. The Labute approximate surface area is 182 Å². The molecule has 0 radical (unpaired) electrons. The van der Waals surface area contributed by atoms with Gasteiger partial charge >= 0.3 is 5.63 Å². The third kappa shape index (κ3) is 4.15. The Kier molecular flexibility index (Phi) is 5.85. The summed E-state index contributed by atoms with van der Waals surface area (Å²) in [6, 6.07) is 14.6. The molecule has 2 heterocycles. The fourth-order valence-electron chi connectivity index (χ4n) is 3.62. The highest BCUT2D eigenvalue weighted by molar-refractivity contribution is 5.85. The molecule has 0 unspecified atom stereocenters. The van der Waals surface area contributed by atoms with Crippen LogP contribution >= 0.6 is 0 Å². The molecule has 2 aromatic carbocycles. The monoisotopic (exact) mass is 435 g/mol. The van der Waals surface area contributed by atoms with Crippen molar-refractivity contribution in [3.63, 3.8) is 0 Å². The number of rotatable bonds is 7. The molecular weight excluding hydrogens is 414 g/mol. The fraction of sp³-hybridized carbons (Fsp3) is 0.167. The Hall–Kier alpha value is -4.20. The number of carbonyl (C=O) groups excluding carboxylic acids is 1. The Morgan fingerprint density at radius 2 is 1.94 bits per heavy atom. The third-order valence-corrected chi connectivity index (χ3v) is 5.20. The van der Waals surface area contributed by atoms with Crippen molar-refractivity contribution in [2.45, 2.75) is 18.9 Å². The lowest BCUT2D eigenvalue weighted by atomic mass is 9.87. The van der Waals surface area contributed by atoms with E-state index >= 15 is 0 Å². The highest BCUT2D eigenvalue weighted by Crippen LogP contribution is 2.38. The lowest BCUT2D eigenvalue weighted by Crippen LogP contribution is -2.26. The van der Waals surface area contributed by atoms with E-state index in [0.717, 1.165) is 0 Å². The molecular formula is C24H21NO7. The summed E-state index contributed by atoms with van der Waals surface area (Å²) < 4.78 is 15.7. The van der Waals surface area contributed by atoms with Gasteiger partial charge in [-0.1, -0.05) is 18.2 Å². The molecule has 8 nitrogen and oxygen atoms in total. The largest absolute Gasteiger partial charge is 0.507 e. The van der Waals surface area contributed by atoms with Gasteiger partial charge in [0.1, 0.15) is 17.1 Å². The van der Waals surface area contributed by atoms with Gasteiger partial charge in [0.25, 0.3) is 0 Å². The van der Waals surface area contributed by atoms with Gasteiger partial charge in [0.2, 0.25) is 5.91 Å². The number of amides is 1. The van der Waals surface area contributed by atoms with Gasteiger partial charge in [-0.25, -0.2) is 4.79 Å². The highest BCUT2D eigenvalue weighted by Gasteiger charge is 2.27. The average Bonchev–Trinajstić information content (AvgIpc) is 3.31. The second-order valence-corrected chi connectivity index (χ2v) is 7.19. The van der Waals surface area contributed by atoms with Crippen LogP contribution < -0.4 is 15.7 Å². The van der Waals surface area contributed by atoms with Gasteiger partial charge in [0.15, 0.2) is 11.5 Å². The molecule has 32 heavy (non-hydrogen) atoms. The van der Waals surface area contributed by atoms with E-state index in [4.69, 9.17) is 13.6 Å². The molecule has 0 saturated carbocycles. The molecule has 0 aliphatic heterocycles. The zero-order chi connectivity index (χ0) is 22.7. The lowest BCUT2D eigenvalue weighted by molar-refractivity contribution is -0.121. The van der Waals surface area contributed by atoms with E-state index in [2.05, 4.69) is 5.32 Å². The highest BCUT2D eigenvalue weighted by atomic mass is 16.5. The van der Waals surface area contributed by atoms with E-state index in [9.17, 15) is 19.8 Å². The van der Waals surface area contributed by atoms with Crippen molar-refractivity contribution >= 4 is 16.9 Å². The van der Waals surface area contributed by atoms with Crippen LogP contribution in [0.15, 0.2) is 74.5 Å². The van der Waals surface area contributed by atoms with E-state index in [1.807, 2.05) is 0 Å². The number of aromatic hydroxyl groups is 2. The molecule has 1 amide bonds. The Morgan fingerprint density at radius 3 is 2.66 bits per heavy atom. The van der Waals surface area contributed by atoms with E-state index in [0.29, 0.717) is 16.7 Å². The van der Waals surface area contributed by atoms with Gasteiger partial charge in [0.05, 0.1) is 30.9 Å². The number of hydrogen-bond donors (Lipinski definition) is 3. The first kappa shape index (κ1) is 21.0. The summed E-state index contributed by atoms with van der Waals surface area (Å²) in [7, 11) is 1.41. The van der Waals surface area contributed by atoms with Crippen LogP contribution in [-0.2, 0) is 11.3 Å². The van der Waals surface area contributed by atoms with Crippen LogP contribution in [0.5, 0.6) is 17.2 Å². The lowest BCUT2D eigenvalue weighted by Gasteiger charge is -2.19. The minimum Gasteiger partial charge on any atom is -0.507 e. The van der Waals surface area contributed by atoms with Crippen molar-refractivity contribution in [3.8, 4) is 17.2 Å². The standard InChI is InChI=1S/C24H21NO7/c1-30-20-9-8-14(11-18(20)26)17(12-21(27)25-13-15-5-4-10-31-15)22-23(28)16-6-2-3-7-19(16)32-24(22)29/h2-11,17,26,28H,12-13H2,1H3,(H,25,27)/t17-/m1/s1. The Balaban J connectivity index is 1.75. The van der Waals surface area contributed by atoms with Gasteiger partial charge in [-0.2, -0.15) is 0 Å². The van der Waals surface area contributed by atoms with Crippen LogP contribution in [0.25, 0.3) is 11.0 Å². The quantitative estimate of drug-likeness (QED) is 0.379. The van der Waals surface area contributed by atoms with E-state index in [1.54, 1.807) is 42.5 Å². The van der Waals surface area contributed by atoms with Crippen LogP contribution in [0, 0.1) is 0 Å². The van der Waals surface area contributed by atoms with Gasteiger partial charge in [-0.05, 0) is 42.0 Å². The number of fused-ring (bicyclic) bond motifs is 1. The first-order valence-electron chi connectivity index (χ1n) is 9.88. The van der Waals surface area contributed by atoms with Gasteiger partial charge in [0, 0.05) is 12.3 Å².